The van der Waals surface area contributed by atoms with Crippen LogP contribution in [0.5, 0.6) is 0 Å². The van der Waals surface area contributed by atoms with E-state index in [1.165, 1.54) is 21.0 Å². The number of carbonyl (C=O) groups is 3. The Hall–Kier alpha value is -1.79. The molecule has 4 N–H and O–H groups in total. The van der Waals surface area contributed by atoms with E-state index in [2.05, 4.69) is 6.92 Å². The monoisotopic (exact) mass is 860 g/mol. The zero-order chi connectivity index (χ0) is 45.5. The van der Waals surface area contributed by atoms with Crippen LogP contribution in [0.2, 0.25) is 0 Å². The topological polar surface area (TPSA) is 200 Å². The van der Waals surface area contributed by atoms with Gasteiger partial charge in [0.1, 0.15) is 35.8 Å². The average molecular weight is 860 g/mol. The fourth-order valence-corrected chi connectivity index (χ4v) is 9.69. The van der Waals surface area contributed by atoms with Gasteiger partial charge < -0.3 is 58.5 Å². The van der Waals surface area contributed by atoms with Crippen molar-refractivity contribution < 1.29 is 68.0 Å². The van der Waals surface area contributed by atoms with E-state index in [0.29, 0.717) is 12.8 Å². The van der Waals surface area contributed by atoms with Gasteiger partial charge in [0.05, 0.1) is 47.5 Å². The van der Waals surface area contributed by atoms with E-state index in [1.807, 2.05) is 25.9 Å². The fourth-order valence-electron chi connectivity index (χ4n) is 9.69. The maximum atomic E-state index is 14.5. The highest BCUT2D eigenvalue weighted by Crippen LogP contribution is 2.41. The summed E-state index contributed by atoms with van der Waals surface area (Å²) >= 11 is 0. The second kappa shape index (κ2) is 22.2. The number of rotatable bonds is 14. The van der Waals surface area contributed by atoms with Crippen molar-refractivity contribution >= 4 is 17.7 Å². The number of Topliss-reactive ketones (excluding diaryl/α,β-unsaturated/α-hetero) is 1. The minimum Gasteiger partial charge on any atom is -0.459 e. The van der Waals surface area contributed by atoms with Crippen molar-refractivity contribution in [2.45, 2.75) is 225 Å². The molecule has 0 unspecified atom stereocenters. The molecule has 3 rings (SSSR count). The largest absolute Gasteiger partial charge is 0.459 e. The van der Waals surface area contributed by atoms with Crippen LogP contribution in [0.15, 0.2) is 0 Å². The summed E-state index contributed by atoms with van der Waals surface area (Å²) < 4.78 is 43.7. The summed E-state index contributed by atoms with van der Waals surface area (Å²) in [5, 5.41) is 47.6. The van der Waals surface area contributed by atoms with Gasteiger partial charge in [-0.2, -0.15) is 0 Å². The highest BCUT2D eigenvalue weighted by atomic mass is 16.7. The minimum absolute atomic E-state index is 0.0791. The summed E-state index contributed by atoms with van der Waals surface area (Å²) in [5.74, 6) is -5.64. The third kappa shape index (κ3) is 12.7. The average Bonchev–Trinajstić information content (AvgIpc) is 3.17. The molecule has 15 heteroatoms. The van der Waals surface area contributed by atoms with Gasteiger partial charge in [-0.05, 0) is 81.3 Å². The maximum absolute atomic E-state index is 14.5. The van der Waals surface area contributed by atoms with Crippen LogP contribution in [-0.4, -0.2) is 149 Å². The number of likely N-dealkylation sites (N-methyl/N-ethyl adjacent to an activating group) is 1. The molecular formula is C45H81NO14. The van der Waals surface area contributed by atoms with E-state index in [0.717, 1.165) is 25.7 Å². The van der Waals surface area contributed by atoms with Crippen molar-refractivity contribution in [2.75, 3.05) is 21.2 Å². The number of carbonyl (C=O) groups excluding carboxylic acids is 3. The second-order valence-corrected chi connectivity index (χ2v) is 19.1. The number of ether oxygens (including phenoxy) is 7. The van der Waals surface area contributed by atoms with E-state index in [-0.39, 0.29) is 43.6 Å². The molecule has 0 aromatic heterocycles. The van der Waals surface area contributed by atoms with Crippen LogP contribution < -0.4 is 0 Å². The molecule has 3 saturated heterocycles. The molecule has 3 heterocycles. The lowest BCUT2D eigenvalue weighted by molar-refractivity contribution is -0.318. The van der Waals surface area contributed by atoms with Gasteiger partial charge >= 0.3 is 11.9 Å². The molecule has 0 bridgehead atoms. The second-order valence-electron chi connectivity index (χ2n) is 19.1. The summed E-state index contributed by atoms with van der Waals surface area (Å²) in [4.78, 5) is 44.3. The van der Waals surface area contributed by atoms with E-state index in [4.69, 9.17) is 33.2 Å². The normalized spacial score (nSPS) is 44.0. The first-order valence-electron chi connectivity index (χ1n) is 22.4. The van der Waals surface area contributed by atoms with Crippen molar-refractivity contribution in [1.29, 1.82) is 0 Å². The lowest BCUT2D eigenvalue weighted by Crippen LogP contribution is -2.61. The molecule has 0 aliphatic carbocycles. The zero-order valence-electron chi connectivity index (χ0n) is 39.0. The van der Waals surface area contributed by atoms with Crippen molar-refractivity contribution in [3.8, 4) is 0 Å². The van der Waals surface area contributed by atoms with Gasteiger partial charge in [-0.25, -0.2) is 0 Å². The maximum Gasteiger partial charge on any atom is 0.311 e. The molecule has 0 spiro atoms. The summed E-state index contributed by atoms with van der Waals surface area (Å²) in [7, 11) is 5.19. The zero-order valence-corrected chi connectivity index (χ0v) is 39.0. The summed E-state index contributed by atoms with van der Waals surface area (Å²) in [6.07, 6.45) is -5.23. The number of hydrogen-bond acceptors (Lipinski definition) is 15. The van der Waals surface area contributed by atoms with Crippen molar-refractivity contribution in [2.24, 2.45) is 23.7 Å². The fraction of sp³-hybridized carbons (Fsp3) is 0.933. The number of methoxy groups -OCH3 is 1. The molecule has 0 aromatic rings. The lowest BCUT2D eigenvalue weighted by Gasteiger charge is -2.49. The quantitative estimate of drug-likeness (QED) is 0.138. The van der Waals surface area contributed by atoms with Gasteiger partial charge in [-0.3, -0.25) is 14.4 Å². The molecule has 0 aromatic carbocycles. The van der Waals surface area contributed by atoms with Gasteiger partial charge in [-0.15, -0.1) is 0 Å². The Labute approximate surface area is 359 Å². The Morgan fingerprint density at radius 2 is 1.50 bits per heavy atom. The molecule has 60 heavy (non-hydrogen) atoms. The van der Waals surface area contributed by atoms with Crippen molar-refractivity contribution in [3.05, 3.63) is 0 Å². The van der Waals surface area contributed by atoms with E-state index >= 15 is 0 Å². The van der Waals surface area contributed by atoms with Gasteiger partial charge in [0.25, 0.3) is 0 Å². The lowest BCUT2D eigenvalue weighted by atomic mass is 9.74. The summed E-state index contributed by atoms with van der Waals surface area (Å²) in [6, 6.07) is -0.343. The van der Waals surface area contributed by atoms with Crippen LogP contribution >= 0.6 is 0 Å². The summed E-state index contributed by atoms with van der Waals surface area (Å²) in [5.41, 5.74) is -4.92. The van der Waals surface area contributed by atoms with Crippen LogP contribution in [-0.2, 0) is 47.5 Å². The van der Waals surface area contributed by atoms with Crippen LogP contribution in [0, 0.1) is 23.7 Å². The third-order valence-corrected chi connectivity index (χ3v) is 13.5. The molecule has 3 aliphatic rings. The smallest absolute Gasteiger partial charge is 0.311 e. The van der Waals surface area contributed by atoms with E-state index in [1.54, 1.807) is 48.5 Å². The molecule has 3 fully saturated rings. The highest BCUT2D eigenvalue weighted by Gasteiger charge is 2.54. The summed E-state index contributed by atoms with van der Waals surface area (Å²) in [6.45, 7) is 18.7. The molecule has 18 atom stereocenters. The first-order chi connectivity index (χ1) is 27.9. The Kier molecular flexibility index (Phi) is 19.5. The van der Waals surface area contributed by atoms with Gasteiger partial charge in [0.2, 0.25) is 0 Å². The Morgan fingerprint density at radius 1 is 0.867 bits per heavy atom. The molecule has 0 radical (unpaired) electrons. The first kappa shape index (κ1) is 52.6. The van der Waals surface area contributed by atoms with Gasteiger partial charge in [-0.1, -0.05) is 60.3 Å². The van der Waals surface area contributed by atoms with Crippen LogP contribution in [0.3, 0.4) is 0 Å². The third-order valence-electron chi connectivity index (χ3n) is 13.5. The number of hydrogen-bond donors (Lipinski definition) is 4. The number of aliphatic hydroxyl groups excluding tert-OH is 2. The predicted octanol–water partition coefficient (Wildman–Crippen LogP) is 4.70. The van der Waals surface area contributed by atoms with Crippen LogP contribution in [0.4, 0.5) is 0 Å². The van der Waals surface area contributed by atoms with E-state index < -0.39 is 108 Å². The minimum atomic E-state index is -2.01. The molecule has 0 amide bonds. The Bertz CT molecular complexity index is 1380. The Morgan fingerprint density at radius 3 is 2.08 bits per heavy atom. The predicted molar refractivity (Wildman–Crippen MR) is 224 cm³/mol. The highest BCUT2D eigenvalue weighted by molar-refractivity contribution is 5.84. The number of ketones is 1. The molecular weight excluding hydrogens is 778 g/mol. The van der Waals surface area contributed by atoms with Crippen LogP contribution in [0.1, 0.15) is 140 Å². The molecule has 15 nitrogen and oxygen atoms in total. The molecule has 350 valence electrons. The van der Waals surface area contributed by atoms with Gasteiger partial charge in [0, 0.05) is 37.8 Å². The number of cyclic esters (lactones) is 1. The number of esters is 2. The van der Waals surface area contributed by atoms with E-state index in [9.17, 15) is 34.8 Å². The number of unbranched alkanes of at least 4 members (excludes halogenated alkanes) is 4. The van der Waals surface area contributed by atoms with Gasteiger partial charge in [0.15, 0.2) is 12.6 Å². The van der Waals surface area contributed by atoms with Crippen molar-refractivity contribution in [1.82, 2.24) is 4.90 Å². The molecule has 3 aliphatic heterocycles. The standard InChI is InChI=1S/C45H81NO14/c1-15-17-18-19-20-21-33(47)58-40-27(5)35(48)25(3)23-43(9,52)39(60-42-36(49)31(46(12)13)22-26(4)55-42)28(6)37(29(7)41(51)57-32(16-2)45(40,11)53)59-34-24-44(10,54-14)38(50)30(8)56-34/h25-32,34,36-40,42,49-50,52-53H,15-24H2,1-14H3/t25-,26-,27+,28+,29-,30+,31+,32-,34+,36-,37+,38+,39-,40-,42+,43+,44-,45+/m1/s1. The molecule has 0 saturated carbocycles. The Balaban J connectivity index is 2.18. The number of nitrogens with zero attached hydrogens (tertiary/aromatic N) is 1. The van der Waals surface area contributed by atoms with Crippen molar-refractivity contribution in [3.63, 3.8) is 0 Å². The SMILES string of the molecule is CCCCCCCC(=O)O[C@@H]1[C@@H](C)C(=O)[C@H](C)C[C@](C)(O)[C@H](O[C@@H]2O[C@H](C)C[C@H](N(C)C)[C@H]2O)[C@@H](C)[C@H](O[C@H]2C[C@@](C)(OC)[C@@H](O)[C@H](C)O2)[C@@H](C)C(=O)O[C@H](CC)[C@]1(C)O. The number of aliphatic hydroxyl groups is 4. The van der Waals surface area contributed by atoms with Crippen LogP contribution in [0.25, 0.3) is 0 Å². The first-order valence-corrected chi connectivity index (χ1v) is 22.4.